The summed E-state index contributed by atoms with van der Waals surface area (Å²) in [7, 11) is 0. The average Bonchev–Trinajstić information content (AvgIpc) is 3.36. The molecule has 1 heterocycles. The van der Waals surface area contributed by atoms with E-state index >= 15 is 0 Å². The highest BCUT2D eigenvalue weighted by Crippen LogP contribution is 2.33. The van der Waals surface area contributed by atoms with Crippen molar-refractivity contribution < 1.29 is 23.8 Å². The van der Waals surface area contributed by atoms with E-state index in [4.69, 9.17) is 4.74 Å². The summed E-state index contributed by atoms with van der Waals surface area (Å²) in [6.07, 6.45) is 0.322. The zero-order chi connectivity index (χ0) is 25.2. The number of hydrogen-bond acceptors (Lipinski definition) is 4. The maximum absolute atomic E-state index is 13.5. The fourth-order valence-electron chi connectivity index (χ4n) is 4.67. The first kappa shape index (κ1) is 24.7. The third-order valence-corrected chi connectivity index (χ3v) is 6.37. The van der Waals surface area contributed by atoms with Crippen molar-refractivity contribution in [3.05, 3.63) is 60.0 Å². The number of benzene rings is 2. The average molecular weight is 482 g/mol. The number of rotatable bonds is 6. The van der Waals surface area contributed by atoms with E-state index in [0.717, 1.165) is 29.3 Å². The molecule has 0 spiro atoms. The summed E-state index contributed by atoms with van der Waals surface area (Å²) < 4.78 is 18.7. The van der Waals surface area contributed by atoms with Gasteiger partial charge in [0.1, 0.15) is 17.1 Å². The van der Waals surface area contributed by atoms with E-state index in [9.17, 15) is 19.1 Å². The number of carbonyl (C=O) groups is 2. The smallest absolute Gasteiger partial charge is 0.407 e. The van der Waals surface area contributed by atoms with E-state index in [1.54, 1.807) is 32.9 Å². The number of halogens is 1. The summed E-state index contributed by atoms with van der Waals surface area (Å²) in [6, 6.07) is 13.7. The molecule has 0 saturated heterocycles. The first-order valence-electron chi connectivity index (χ1n) is 11.9. The number of fused-ring (bicyclic) bond motifs is 1. The SMILES string of the molecule is CC(C)(C)OC(=O)NC[C@H]1CC[C@H](CNC(=O)c2[nH]c3ccccc3c2-c2ccc(F)cc2)[C@H]1O. The fraction of sp³-hybridized carbons (Fsp3) is 0.407. The van der Waals surface area contributed by atoms with Gasteiger partial charge in [0, 0.05) is 41.4 Å². The monoisotopic (exact) mass is 481 g/mol. The Labute approximate surface area is 204 Å². The molecule has 0 aliphatic heterocycles. The summed E-state index contributed by atoms with van der Waals surface area (Å²) in [5.74, 6) is -0.858. The summed E-state index contributed by atoms with van der Waals surface area (Å²) in [6.45, 7) is 6.01. The van der Waals surface area contributed by atoms with Crippen LogP contribution in [0, 0.1) is 17.7 Å². The van der Waals surface area contributed by atoms with Crippen LogP contribution in [0.1, 0.15) is 44.1 Å². The Kier molecular flexibility index (Phi) is 7.12. The number of nitrogens with one attached hydrogen (secondary N) is 3. The molecule has 0 radical (unpaired) electrons. The van der Waals surface area contributed by atoms with Crippen LogP contribution < -0.4 is 10.6 Å². The molecule has 1 aliphatic rings. The second-order valence-electron chi connectivity index (χ2n) is 10.1. The summed E-state index contributed by atoms with van der Waals surface area (Å²) in [5.41, 5.74) is 2.08. The van der Waals surface area contributed by atoms with Gasteiger partial charge < -0.3 is 25.5 Å². The molecular formula is C27H32FN3O4. The number of carbonyl (C=O) groups excluding carboxylic acids is 2. The Morgan fingerprint density at radius 3 is 2.31 bits per heavy atom. The number of aromatic nitrogens is 1. The molecule has 0 unspecified atom stereocenters. The van der Waals surface area contributed by atoms with Gasteiger partial charge in [0.15, 0.2) is 0 Å². The Hall–Kier alpha value is -3.39. The standard InChI is InChI=1S/C27H32FN3O4/c1-27(2,3)35-26(34)30-15-18-9-8-17(24(18)32)14-29-25(33)23-22(16-10-12-19(28)13-11-16)20-6-4-5-7-21(20)31-23/h4-7,10-13,17-18,24,31-32H,8-9,14-15H2,1-3H3,(H,29,33)(H,30,34)/t17-,18-,24-/m1/s1. The first-order chi connectivity index (χ1) is 16.6. The number of aromatic amines is 1. The number of ether oxygens (including phenoxy) is 1. The highest BCUT2D eigenvalue weighted by atomic mass is 19.1. The molecule has 186 valence electrons. The Balaban J connectivity index is 1.41. The lowest BCUT2D eigenvalue weighted by Gasteiger charge is -2.23. The minimum atomic E-state index is -0.649. The van der Waals surface area contributed by atoms with Crippen LogP contribution in [-0.2, 0) is 4.74 Å². The van der Waals surface area contributed by atoms with E-state index in [-0.39, 0.29) is 23.6 Å². The lowest BCUT2D eigenvalue weighted by atomic mass is 10.00. The Morgan fingerprint density at radius 2 is 1.66 bits per heavy atom. The quantitative estimate of drug-likeness (QED) is 0.413. The molecule has 1 saturated carbocycles. The normalized spacial score (nSPS) is 20.1. The molecule has 1 aromatic heterocycles. The molecule has 7 nitrogen and oxygen atoms in total. The number of amides is 2. The van der Waals surface area contributed by atoms with Crippen LogP contribution in [-0.4, -0.2) is 46.9 Å². The Bertz CT molecular complexity index is 1200. The summed E-state index contributed by atoms with van der Waals surface area (Å²) in [4.78, 5) is 28.3. The number of H-pyrrole nitrogens is 1. The minimum Gasteiger partial charge on any atom is -0.444 e. The van der Waals surface area contributed by atoms with Crippen molar-refractivity contribution in [3.63, 3.8) is 0 Å². The summed E-state index contributed by atoms with van der Waals surface area (Å²) >= 11 is 0. The maximum atomic E-state index is 13.5. The van der Waals surface area contributed by atoms with E-state index < -0.39 is 17.8 Å². The van der Waals surface area contributed by atoms with E-state index in [0.29, 0.717) is 24.3 Å². The van der Waals surface area contributed by atoms with Crippen LogP contribution in [0.4, 0.5) is 9.18 Å². The molecule has 4 N–H and O–H groups in total. The van der Waals surface area contributed by atoms with Gasteiger partial charge in [-0.05, 0) is 57.4 Å². The number of alkyl carbamates (subject to hydrolysis) is 1. The van der Waals surface area contributed by atoms with Crippen LogP contribution in [0.2, 0.25) is 0 Å². The second-order valence-corrected chi connectivity index (χ2v) is 10.1. The van der Waals surface area contributed by atoms with Crippen molar-refractivity contribution in [1.82, 2.24) is 15.6 Å². The van der Waals surface area contributed by atoms with Gasteiger partial charge in [0.25, 0.3) is 5.91 Å². The van der Waals surface area contributed by atoms with Crippen molar-refractivity contribution in [3.8, 4) is 11.1 Å². The van der Waals surface area contributed by atoms with Gasteiger partial charge >= 0.3 is 6.09 Å². The van der Waals surface area contributed by atoms with Gasteiger partial charge in [-0.3, -0.25) is 4.79 Å². The lowest BCUT2D eigenvalue weighted by molar-refractivity contribution is 0.0481. The van der Waals surface area contributed by atoms with Gasteiger partial charge in [-0.25, -0.2) is 9.18 Å². The lowest BCUT2D eigenvalue weighted by Crippen LogP contribution is -2.39. The number of aliphatic hydroxyl groups excluding tert-OH is 1. The summed E-state index contributed by atoms with van der Waals surface area (Å²) in [5, 5.41) is 17.3. The Morgan fingerprint density at radius 1 is 1.03 bits per heavy atom. The molecule has 4 rings (SSSR count). The van der Waals surface area contributed by atoms with Gasteiger partial charge in [-0.2, -0.15) is 0 Å². The predicted octanol–water partition coefficient (Wildman–Crippen LogP) is 4.62. The van der Waals surface area contributed by atoms with Gasteiger partial charge in [-0.1, -0.05) is 30.3 Å². The van der Waals surface area contributed by atoms with Crippen molar-refractivity contribution in [2.24, 2.45) is 11.8 Å². The van der Waals surface area contributed by atoms with Crippen LogP contribution in [0.5, 0.6) is 0 Å². The van der Waals surface area contributed by atoms with Gasteiger partial charge in [0.05, 0.1) is 6.10 Å². The fourth-order valence-corrected chi connectivity index (χ4v) is 4.67. The molecule has 2 amide bonds. The first-order valence-corrected chi connectivity index (χ1v) is 11.9. The van der Waals surface area contributed by atoms with E-state index in [2.05, 4.69) is 15.6 Å². The third kappa shape index (κ3) is 5.82. The zero-order valence-electron chi connectivity index (χ0n) is 20.2. The molecule has 3 aromatic rings. The van der Waals surface area contributed by atoms with Crippen molar-refractivity contribution in [2.75, 3.05) is 13.1 Å². The third-order valence-electron chi connectivity index (χ3n) is 6.37. The molecule has 1 aliphatic carbocycles. The topological polar surface area (TPSA) is 103 Å². The van der Waals surface area contributed by atoms with Crippen molar-refractivity contribution >= 4 is 22.9 Å². The molecule has 35 heavy (non-hydrogen) atoms. The second kappa shape index (κ2) is 10.1. The van der Waals surface area contributed by atoms with Crippen LogP contribution in [0.15, 0.2) is 48.5 Å². The number of aliphatic hydroxyl groups is 1. The number of hydrogen-bond donors (Lipinski definition) is 4. The highest BCUT2D eigenvalue weighted by Gasteiger charge is 2.35. The molecule has 2 aromatic carbocycles. The van der Waals surface area contributed by atoms with Gasteiger partial charge in [0.2, 0.25) is 0 Å². The van der Waals surface area contributed by atoms with Gasteiger partial charge in [-0.15, -0.1) is 0 Å². The molecule has 0 bridgehead atoms. The zero-order valence-corrected chi connectivity index (χ0v) is 20.2. The van der Waals surface area contributed by atoms with Crippen LogP contribution >= 0.6 is 0 Å². The molecule has 3 atom stereocenters. The molecule has 1 fully saturated rings. The number of para-hydroxylation sites is 1. The minimum absolute atomic E-state index is 0.104. The van der Waals surface area contributed by atoms with Crippen molar-refractivity contribution in [1.29, 1.82) is 0 Å². The highest BCUT2D eigenvalue weighted by molar-refractivity contribution is 6.09. The van der Waals surface area contributed by atoms with Crippen LogP contribution in [0.25, 0.3) is 22.0 Å². The maximum Gasteiger partial charge on any atom is 0.407 e. The molecule has 8 heteroatoms. The van der Waals surface area contributed by atoms with Crippen LogP contribution in [0.3, 0.4) is 0 Å². The van der Waals surface area contributed by atoms with E-state index in [1.807, 2.05) is 24.3 Å². The van der Waals surface area contributed by atoms with Crippen molar-refractivity contribution in [2.45, 2.75) is 45.3 Å². The molecular weight excluding hydrogens is 449 g/mol. The van der Waals surface area contributed by atoms with E-state index in [1.165, 1.54) is 12.1 Å². The largest absolute Gasteiger partial charge is 0.444 e. The predicted molar refractivity (Wildman–Crippen MR) is 132 cm³/mol.